The Labute approximate surface area is 124 Å². The molecule has 1 unspecified atom stereocenters. The highest BCUT2D eigenvalue weighted by atomic mass is 32.2. The maximum absolute atomic E-state index is 12.9. The maximum Gasteiger partial charge on any atom is 0.247 e. The van der Waals surface area contributed by atoms with Crippen LogP contribution in [0.3, 0.4) is 0 Å². The van der Waals surface area contributed by atoms with Gasteiger partial charge in [-0.3, -0.25) is 5.10 Å². The molecule has 0 spiro atoms. The molecule has 6 nitrogen and oxygen atoms in total. The number of aryl methyl sites for hydroxylation is 1. The molecular formula is C14H18N4O2S. The van der Waals surface area contributed by atoms with Crippen LogP contribution in [0.25, 0.3) is 0 Å². The lowest BCUT2D eigenvalue weighted by Gasteiger charge is -2.35. The van der Waals surface area contributed by atoms with Crippen LogP contribution in [0, 0.1) is 6.92 Å². The van der Waals surface area contributed by atoms with Crippen molar-refractivity contribution in [2.24, 2.45) is 5.73 Å². The van der Waals surface area contributed by atoms with Gasteiger partial charge < -0.3 is 5.73 Å². The van der Waals surface area contributed by atoms with Gasteiger partial charge in [-0.15, -0.1) is 0 Å². The van der Waals surface area contributed by atoms with E-state index in [0.29, 0.717) is 18.7 Å². The monoisotopic (exact) mass is 306 g/mol. The van der Waals surface area contributed by atoms with Gasteiger partial charge in [0, 0.05) is 13.1 Å². The number of sulfonamides is 1. The molecule has 21 heavy (non-hydrogen) atoms. The summed E-state index contributed by atoms with van der Waals surface area (Å²) in [4.78, 5) is 0.223. The van der Waals surface area contributed by atoms with E-state index in [0.717, 1.165) is 5.56 Å². The SMILES string of the molecule is Cc1[nH]ncc1S(=O)(=O)N1CCc2ccccc2C1CN. The van der Waals surface area contributed by atoms with Gasteiger partial charge in [0.15, 0.2) is 0 Å². The first kappa shape index (κ1) is 14.2. The van der Waals surface area contributed by atoms with Gasteiger partial charge in [0.05, 0.1) is 17.9 Å². The Balaban J connectivity index is 2.06. The lowest BCUT2D eigenvalue weighted by atomic mass is 9.94. The lowest BCUT2D eigenvalue weighted by molar-refractivity contribution is 0.313. The summed E-state index contributed by atoms with van der Waals surface area (Å²) in [6.45, 7) is 2.40. The van der Waals surface area contributed by atoms with Crippen LogP contribution in [0.1, 0.15) is 22.9 Å². The van der Waals surface area contributed by atoms with Crippen molar-refractivity contribution < 1.29 is 8.42 Å². The van der Waals surface area contributed by atoms with E-state index in [-0.39, 0.29) is 17.5 Å². The Morgan fingerprint density at radius 1 is 1.43 bits per heavy atom. The number of benzene rings is 1. The summed E-state index contributed by atoms with van der Waals surface area (Å²) in [5, 5.41) is 6.49. The molecule has 2 aromatic rings. The van der Waals surface area contributed by atoms with E-state index in [1.807, 2.05) is 24.3 Å². The second-order valence-electron chi connectivity index (χ2n) is 5.18. The van der Waals surface area contributed by atoms with Crippen molar-refractivity contribution >= 4 is 10.0 Å². The number of rotatable bonds is 3. The molecular weight excluding hydrogens is 288 g/mol. The Hall–Kier alpha value is -1.70. The highest BCUT2D eigenvalue weighted by Gasteiger charge is 2.36. The molecule has 1 aliphatic heterocycles. The van der Waals surface area contributed by atoms with Crippen molar-refractivity contribution in [1.29, 1.82) is 0 Å². The van der Waals surface area contributed by atoms with E-state index in [9.17, 15) is 8.42 Å². The second kappa shape index (κ2) is 5.25. The smallest absolute Gasteiger partial charge is 0.247 e. The maximum atomic E-state index is 12.9. The molecule has 0 fully saturated rings. The Morgan fingerprint density at radius 3 is 2.86 bits per heavy atom. The zero-order valence-corrected chi connectivity index (χ0v) is 12.6. The Morgan fingerprint density at radius 2 is 2.19 bits per heavy atom. The van der Waals surface area contributed by atoms with Crippen LogP contribution in [0.5, 0.6) is 0 Å². The molecule has 1 aliphatic rings. The van der Waals surface area contributed by atoms with Gasteiger partial charge in [-0.1, -0.05) is 24.3 Å². The fraction of sp³-hybridized carbons (Fsp3) is 0.357. The standard InChI is InChI=1S/C14H18N4O2S/c1-10-14(9-16-17-10)21(19,20)18-7-6-11-4-2-3-5-12(11)13(18)8-15/h2-5,9,13H,6-8,15H2,1H3,(H,16,17). The third kappa shape index (κ3) is 2.27. The van der Waals surface area contributed by atoms with Crippen LogP contribution in [-0.4, -0.2) is 36.0 Å². The van der Waals surface area contributed by atoms with Crippen molar-refractivity contribution in [3.8, 4) is 0 Å². The first-order valence-electron chi connectivity index (χ1n) is 6.85. The van der Waals surface area contributed by atoms with E-state index >= 15 is 0 Å². The number of aromatic amines is 1. The van der Waals surface area contributed by atoms with Crippen LogP contribution in [0.2, 0.25) is 0 Å². The molecule has 1 atom stereocenters. The van der Waals surface area contributed by atoms with Crippen molar-refractivity contribution in [2.75, 3.05) is 13.1 Å². The Kier molecular flexibility index (Phi) is 3.56. The van der Waals surface area contributed by atoms with Gasteiger partial charge >= 0.3 is 0 Å². The van der Waals surface area contributed by atoms with Gasteiger partial charge in [0.2, 0.25) is 10.0 Å². The topological polar surface area (TPSA) is 92.1 Å². The molecule has 112 valence electrons. The molecule has 1 aromatic carbocycles. The summed E-state index contributed by atoms with van der Waals surface area (Å²) >= 11 is 0. The molecule has 3 rings (SSSR count). The largest absolute Gasteiger partial charge is 0.329 e. The number of H-pyrrole nitrogens is 1. The third-order valence-electron chi connectivity index (χ3n) is 3.96. The molecule has 2 heterocycles. The van der Waals surface area contributed by atoms with Crippen LogP contribution >= 0.6 is 0 Å². The molecule has 0 saturated carbocycles. The van der Waals surface area contributed by atoms with E-state index in [1.54, 1.807) is 6.92 Å². The normalized spacial score (nSPS) is 19.4. The van der Waals surface area contributed by atoms with Crippen LogP contribution in [0.4, 0.5) is 0 Å². The third-order valence-corrected chi connectivity index (χ3v) is 5.98. The zero-order chi connectivity index (χ0) is 15.0. The second-order valence-corrected chi connectivity index (χ2v) is 7.03. The molecule has 7 heteroatoms. The molecule has 0 bridgehead atoms. The van der Waals surface area contributed by atoms with Crippen molar-refractivity contribution in [3.63, 3.8) is 0 Å². The van der Waals surface area contributed by atoms with E-state index in [1.165, 1.54) is 16.1 Å². The fourth-order valence-corrected chi connectivity index (χ4v) is 4.62. The van der Waals surface area contributed by atoms with E-state index < -0.39 is 10.0 Å². The minimum absolute atomic E-state index is 0.223. The summed E-state index contributed by atoms with van der Waals surface area (Å²) in [6.07, 6.45) is 2.06. The molecule has 0 saturated heterocycles. The lowest BCUT2D eigenvalue weighted by Crippen LogP contribution is -2.43. The predicted molar refractivity (Wildman–Crippen MR) is 79.2 cm³/mol. The number of nitrogens with one attached hydrogen (secondary N) is 1. The summed E-state index contributed by atoms with van der Waals surface area (Å²) in [5.74, 6) is 0. The zero-order valence-electron chi connectivity index (χ0n) is 11.8. The van der Waals surface area contributed by atoms with Gasteiger partial charge in [0.25, 0.3) is 0 Å². The van der Waals surface area contributed by atoms with Crippen molar-refractivity contribution in [2.45, 2.75) is 24.3 Å². The quantitative estimate of drug-likeness (QED) is 0.883. The minimum atomic E-state index is -3.59. The minimum Gasteiger partial charge on any atom is -0.329 e. The predicted octanol–water partition coefficient (Wildman–Crippen LogP) is 0.965. The van der Waals surface area contributed by atoms with Gasteiger partial charge in [0.1, 0.15) is 4.90 Å². The summed E-state index contributed by atoms with van der Waals surface area (Å²) in [6, 6.07) is 7.55. The summed E-state index contributed by atoms with van der Waals surface area (Å²) in [5.41, 5.74) is 8.58. The highest BCUT2D eigenvalue weighted by Crippen LogP contribution is 2.33. The molecule has 0 amide bonds. The number of nitrogens with zero attached hydrogens (tertiary/aromatic N) is 2. The highest BCUT2D eigenvalue weighted by molar-refractivity contribution is 7.89. The number of hydrogen-bond donors (Lipinski definition) is 2. The van der Waals surface area contributed by atoms with Crippen molar-refractivity contribution in [1.82, 2.24) is 14.5 Å². The van der Waals surface area contributed by atoms with Crippen molar-refractivity contribution in [3.05, 3.63) is 47.3 Å². The average Bonchev–Trinajstić information content (AvgIpc) is 2.92. The van der Waals surface area contributed by atoms with Gasteiger partial charge in [-0.2, -0.15) is 9.40 Å². The van der Waals surface area contributed by atoms with Crippen LogP contribution < -0.4 is 5.73 Å². The van der Waals surface area contributed by atoms with Gasteiger partial charge in [-0.05, 0) is 24.5 Å². The van der Waals surface area contributed by atoms with Crippen LogP contribution in [0.15, 0.2) is 35.4 Å². The van der Waals surface area contributed by atoms with E-state index in [2.05, 4.69) is 10.2 Å². The molecule has 3 N–H and O–H groups in total. The Bertz CT molecular complexity index is 754. The van der Waals surface area contributed by atoms with Gasteiger partial charge in [-0.25, -0.2) is 8.42 Å². The number of aromatic nitrogens is 2. The number of hydrogen-bond acceptors (Lipinski definition) is 4. The number of fused-ring (bicyclic) bond motifs is 1. The molecule has 0 aliphatic carbocycles. The average molecular weight is 306 g/mol. The fourth-order valence-electron chi connectivity index (χ4n) is 2.89. The summed E-state index contributed by atoms with van der Waals surface area (Å²) in [7, 11) is -3.59. The first-order valence-corrected chi connectivity index (χ1v) is 8.29. The van der Waals surface area contributed by atoms with E-state index in [4.69, 9.17) is 5.73 Å². The summed E-state index contributed by atoms with van der Waals surface area (Å²) < 4.78 is 27.2. The van der Waals surface area contributed by atoms with Crippen LogP contribution in [-0.2, 0) is 16.4 Å². The number of nitrogens with two attached hydrogens (primary N) is 1. The molecule has 0 radical (unpaired) electrons. The molecule has 1 aromatic heterocycles. The first-order chi connectivity index (χ1) is 10.1.